The molecule has 0 aromatic carbocycles. The lowest BCUT2D eigenvalue weighted by atomic mass is 9.98. The van der Waals surface area contributed by atoms with Crippen LogP contribution in [0.15, 0.2) is 18.3 Å². The quantitative estimate of drug-likeness (QED) is 0.879. The summed E-state index contributed by atoms with van der Waals surface area (Å²) in [6, 6.07) is 5.30. The maximum absolute atomic E-state index is 4.69. The van der Waals surface area contributed by atoms with Gasteiger partial charge in [0.1, 0.15) is 5.82 Å². The topological polar surface area (TPSA) is 28.2 Å². The summed E-state index contributed by atoms with van der Waals surface area (Å²) >= 11 is 0. The lowest BCUT2D eigenvalue weighted by Gasteiger charge is -2.38. The average molecular weight is 261 g/mol. The summed E-state index contributed by atoms with van der Waals surface area (Å²) in [7, 11) is 0. The third kappa shape index (κ3) is 3.27. The highest BCUT2D eigenvalue weighted by atomic mass is 15.2. The van der Waals surface area contributed by atoms with E-state index in [1.807, 2.05) is 6.20 Å². The van der Waals surface area contributed by atoms with Crippen molar-refractivity contribution in [1.82, 2.24) is 10.3 Å². The van der Waals surface area contributed by atoms with Crippen molar-refractivity contribution >= 4 is 5.82 Å². The van der Waals surface area contributed by atoms with Gasteiger partial charge in [0.2, 0.25) is 0 Å². The molecule has 1 aromatic rings. The maximum atomic E-state index is 4.69. The van der Waals surface area contributed by atoms with E-state index < -0.39 is 0 Å². The molecule has 2 heterocycles. The van der Waals surface area contributed by atoms with Crippen LogP contribution in [0.2, 0.25) is 0 Å². The Balaban J connectivity index is 2.27. The van der Waals surface area contributed by atoms with Gasteiger partial charge in [-0.25, -0.2) is 4.98 Å². The van der Waals surface area contributed by atoms with E-state index in [4.69, 9.17) is 0 Å². The molecule has 2 unspecified atom stereocenters. The van der Waals surface area contributed by atoms with Gasteiger partial charge in [0.15, 0.2) is 0 Å². The van der Waals surface area contributed by atoms with Crippen molar-refractivity contribution in [2.45, 2.75) is 58.5 Å². The molecule has 0 saturated carbocycles. The standard InChI is InChI=1S/C16H27N3/c1-4-14-9-6-7-12-19(14)16-15(10-8-11-18-16)13(3)17-5-2/h8,10-11,13-14,17H,4-7,9,12H2,1-3H3. The van der Waals surface area contributed by atoms with Gasteiger partial charge in [-0.2, -0.15) is 0 Å². The second-order valence-corrected chi connectivity index (χ2v) is 5.45. The fraction of sp³-hybridized carbons (Fsp3) is 0.688. The molecule has 19 heavy (non-hydrogen) atoms. The fourth-order valence-electron chi connectivity index (χ4n) is 3.11. The van der Waals surface area contributed by atoms with Gasteiger partial charge in [0, 0.05) is 30.4 Å². The highest BCUT2D eigenvalue weighted by Gasteiger charge is 2.25. The minimum absolute atomic E-state index is 0.369. The Hall–Kier alpha value is -1.09. The minimum Gasteiger partial charge on any atom is -0.353 e. The average Bonchev–Trinajstić information content (AvgIpc) is 2.47. The number of nitrogens with one attached hydrogen (secondary N) is 1. The van der Waals surface area contributed by atoms with Gasteiger partial charge in [0.25, 0.3) is 0 Å². The van der Waals surface area contributed by atoms with Crippen molar-refractivity contribution in [2.24, 2.45) is 0 Å². The summed E-state index contributed by atoms with van der Waals surface area (Å²) in [5, 5.41) is 3.51. The van der Waals surface area contributed by atoms with Gasteiger partial charge in [-0.3, -0.25) is 0 Å². The molecule has 0 bridgehead atoms. The molecule has 0 amide bonds. The summed E-state index contributed by atoms with van der Waals surface area (Å²) in [6.07, 6.45) is 7.11. The van der Waals surface area contributed by atoms with E-state index >= 15 is 0 Å². The maximum Gasteiger partial charge on any atom is 0.133 e. The predicted octanol–water partition coefficient (Wildman–Crippen LogP) is 3.52. The Morgan fingerprint density at radius 1 is 1.42 bits per heavy atom. The molecule has 1 fully saturated rings. The van der Waals surface area contributed by atoms with Gasteiger partial charge in [-0.15, -0.1) is 0 Å². The summed E-state index contributed by atoms with van der Waals surface area (Å²) in [6.45, 7) is 8.82. The Kier molecular flexibility index (Phi) is 5.20. The first kappa shape index (κ1) is 14.3. The van der Waals surface area contributed by atoms with Crippen molar-refractivity contribution in [3.05, 3.63) is 23.9 Å². The van der Waals surface area contributed by atoms with Crippen LogP contribution in [0.25, 0.3) is 0 Å². The second kappa shape index (κ2) is 6.90. The molecule has 1 saturated heterocycles. The smallest absolute Gasteiger partial charge is 0.133 e. The molecule has 0 aliphatic carbocycles. The lowest BCUT2D eigenvalue weighted by molar-refractivity contribution is 0.443. The molecular formula is C16H27N3. The van der Waals surface area contributed by atoms with E-state index in [-0.39, 0.29) is 0 Å². The second-order valence-electron chi connectivity index (χ2n) is 5.45. The van der Waals surface area contributed by atoms with Crippen LogP contribution in [-0.2, 0) is 0 Å². The zero-order valence-corrected chi connectivity index (χ0v) is 12.5. The van der Waals surface area contributed by atoms with Crippen molar-refractivity contribution in [2.75, 3.05) is 18.0 Å². The van der Waals surface area contributed by atoms with Gasteiger partial charge in [-0.1, -0.05) is 19.9 Å². The first-order valence-corrected chi connectivity index (χ1v) is 7.72. The van der Waals surface area contributed by atoms with Gasteiger partial charge in [0.05, 0.1) is 0 Å². The molecule has 1 aliphatic heterocycles. The van der Waals surface area contributed by atoms with E-state index in [9.17, 15) is 0 Å². The third-order valence-corrected chi connectivity index (χ3v) is 4.16. The van der Waals surface area contributed by atoms with Crippen molar-refractivity contribution in [3.63, 3.8) is 0 Å². The van der Waals surface area contributed by atoms with Crippen LogP contribution in [0.3, 0.4) is 0 Å². The molecule has 1 aliphatic rings. The van der Waals surface area contributed by atoms with Crippen LogP contribution < -0.4 is 10.2 Å². The Morgan fingerprint density at radius 3 is 3.00 bits per heavy atom. The molecule has 0 spiro atoms. The van der Waals surface area contributed by atoms with Crippen LogP contribution in [0, 0.1) is 0 Å². The Labute approximate surface area is 117 Å². The van der Waals surface area contributed by atoms with Crippen molar-refractivity contribution in [3.8, 4) is 0 Å². The van der Waals surface area contributed by atoms with Crippen LogP contribution in [0.5, 0.6) is 0 Å². The summed E-state index contributed by atoms with van der Waals surface area (Å²) < 4.78 is 0. The van der Waals surface area contributed by atoms with Crippen LogP contribution >= 0.6 is 0 Å². The molecular weight excluding hydrogens is 234 g/mol. The number of pyridine rings is 1. The van der Waals surface area contributed by atoms with E-state index in [0.29, 0.717) is 12.1 Å². The molecule has 2 atom stereocenters. The first-order chi connectivity index (χ1) is 9.27. The highest BCUT2D eigenvalue weighted by molar-refractivity contribution is 5.49. The van der Waals surface area contributed by atoms with E-state index in [1.54, 1.807) is 0 Å². The summed E-state index contributed by atoms with van der Waals surface area (Å²) in [5.41, 5.74) is 1.34. The zero-order valence-electron chi connectivity index (χ0n) is 12.5. The largest absolute Gasteiger partial charge is 0.353 e. The number of nitrogens with zero attached hydrogens (tertiary/aromatic N) is 2. The number of hydrogen-bond acceptors (Lipinski definition) is 3. The molecule has 3 heteroatoms. The SMILES string of the molecule is CCNC(C)c1cccnc1N1CCCCC1CC. The molecule has 2 rings (SSSR count). The zero-order chi connectivity index (χ0) is 13.7. The Morgan fingerprint density at radius 2 is 2.26 bits per heavy atom. The van der Waals surface area contributed by atoms with Gasteiger partial charge in [-0.05, 0) is 45.2 Å². The van der Waals surface area contributed by atoms with E-state index in [2.05, 4.69) is 48.1 Å². The summed E-state index contributed by atoms with van der Waals surface area (Å²) in [4.78, 5) is 7.22. The van der Waals surface area contributed by atoms with Crippen LogP contribution in [-0.4, -0.2) is 24.1 Å². The van der Waals surface area contributed by atoms with Crippen LogP contribution in [0.4, 0.5) is 5.82 Å². The number of anilines is 1. The van der Waals surface area contributed by atoms with Crippen molar-refractivity contribution in [1.29, 1.82) is 0 Å². The van der Waals surface area contributed by atoms with E-state index in [1.165, 1.54) is 37.1 Å². The van der Waals surface area contributed by atoms with Crippen molar-refractivity contribution < 1.29 is 0 Å². The molecule has 3 nitrogen and oxygen atoms in total. The fourth-order valence-corrected chi connectivity index (χ4v) is 3.11. The molecule has 1 aromatic heterocycles. The highest BCUT2D eigenvalue weighted by Crippen LogP contribution is 2.30. The number of hydrogen-bond donors (Lipinski definition) is 1. The van der Waals surface area contributed by atoms with Crippen LogP contribution in [0.1, 0.15) is 58.1 Å². The number of rotatable bonds is 5. The molecule has 0 radical (unpaired) electrons. The number of piperidine rings is 1. The first-order valence-electron chi connectivity index (χ1n) is 7.72. The minimum atomic E-state index is 0.369. The number of aromatic nitrogens is 1. The normalized spacial score (nSPS) is 21.4. The predicted molar refractivity (Wildman–Crippen MR) is 81.6 cm³/mol. The van der Waals surface area contributed by atoms with Gasteiger partial charge < -0.3 is 10.2 Å². The monoisotopic (exact) mass is 261 g/mol. The Bertz CT molecular complexity index is 391. The summed E-state index contributed by atoms with van der Waals surface area (Å²) in [5.74, 6) is 1.20. The molecule has 106 valence electrons. The third-order valence-electron chi connectivity index (χ3n) is 4.16. The van der Waals surface area contributed by atoms with E-state index in [0.717, 1.165) is 13.1 Å². The molecule has 1 N–H and O–H groups in total. The lowest BCUT2D eigenvalue weighted by Crippen LogP contribution is -2.40. The van der Waals surface area contributed by atoms with Gasteiger partial charge >= 0.3 is 0 Å².